The number of aliphatic carboxylic acids is 1. The fourth-order valence-electron chi connectivity index (χ4n) is 1.13. The minimum absolute atomic E-state index is 0.0986. The highest BCUT2D eigenvalue weighted by atomic mass is 35.5. The average Bonchev–Trinajstić information content (AvgIpc) is 2.29. The maximum absolute atomic E-state index is 11.7. The number of primary sulfonamides is 1. The number of benzene rings is 1. The molecule has 0 aliphatic heterocycles. The largest absolute Gasteiger partial charge is 0.480 e. The van der Waals surface area contributed by atoms with Gasteiger partial charge in [0, 0.05) is 0 Å². The summed E-state index contributed by atoms with van der Waals surface area (Å²) in [4.78, 5) is 10.3. The Morgan fingerprint density at radius 3 is 2.35 bits per heavy atom. The predicted molar refractivity (Wildman–Crippen MR) is 72.5 cm³/mol. The number of carboxylic acid groups (broad SMARTS) is 1. The quantitative estimate of drug-likeness (QED) is 0.697. The van der Waals surface area contributed by atoms with Crippen molar-refractivity contribution in [3.63, 3.8) is 0 Å². The molecule has 8 nitrogen and oxygen atoms in total. The fraction of sp³-hybridized carbons (Fsp3) is 0.222. The summed E-state index contributed by atoms with van der Waals surface area (Å²) in [6, 6.07) is 3.13. The monoisotopic (exact) mass is 342 g/mol. The molecule has 0 heterocycles. The topological polar surface area (TPSA) is 144 Å². The van der Waals surface area contributed by atoms with Gasteiger partial charge in [0.05, 0.1) is 15.6 Å². The lowest BCUT2D eigenvalue weighted by atomic mass is 10.3. The average molecular weight is 343 g/mol. The van der Waals surface area contributed by atoms with Crippen LogP contribution >= 0.6 is 11.6 Å². The van der Waals surface area contributed by atoms with E-state index in [1.54, 1.807) is 0 Å². The third kappa shape index (κ3) is 3.82. The van der Waals surface area contributed by atoms with Crippen molar-refractivity contribution in [1.82, 2.24) is 0 Å². The molecular weight excluding hydrogens is 332 g/mol. The zero-order valence-electron chi connectivity index (χ0n) is 10.1. The van der Waals surface area contributed by atoms with Crippen molar-refractivity contribution in [2.24, 2.45) is 5.14 Å². The van der Waals surface area contributed by atoms with Crippen LogP contribution in [-0.4, -0.2) is 33.2 Å². The van der Waals surface area contributed by atoms with Crippen LogP contribution in [0, 0.1) is 0 Å². The van der Waals surface area contributed by atoms with E-state index in [-0.39, 0.29) is 15.6 Å². The van der Waals surface area contributed by atoms with E-state index < -0.39 is 31.3 Å². The summed E-state index contributed by atoms with van der Waals surface area (Å²) in [5.74, 6) is -1.56. The van der Waals surface area contributed by atoms with Crippen molar-refractivity contribution < 1.29 is 26.7 Å². The number of carboxylic acids is 1. The summed E-state index contributed by atoms with van der Waals surface area (Å²) in [7, 11) is -8.31. The number of hydrogen-bond acceptors (Lipinski definition) is 5. The van der Waals surface area contributed by atoms with Gasteiger partial charge >= 0.3 is 5.97 Å². The highest BCUT2D eigenvalue weighted by Gasteiger charge is 2.28. The molecule has 0 fully saturated rings. The van der Waals surface area contributed by atoms with Gasteiger partial charge in [-0.2, -0.15) is 0 Å². The van der Waals surface area contributed by atoms with Crippen molar-refractivity contribution in [2.45, 2.75) is 17.1 Å². The Labute approximate surface area is 120 Å². The number of sulfonamides is 2. The van der Waals surface area contributed by atoms with E-state index in [0.717, 1.165) is 25.1 Å². The Morgan fingerprint density at radius 2 is 1.90 bits per heavy atom. The summed E-state index contributed by atoms with van der Waals surface area (Å²) in [5.41, 5.74) is -0.272. The van der Waals surface area contributed by atoms with Crippen LogP contribution in [0.3, 0.4) is 0 Å². The summed E-state index contributed by atoms with van der Waals surface area (Å²) < 4.78 is 47.7. The van der Waals surface area contributed by atoms with Gasteiger partial charge in [-0.1, -0.05) is 11.6 Å². The van der Waals surface area contributed by atoms with Crippen LogP contribution in [-0.2, 0) is 24.8 Å². The lowest BCUT2D eigenvalue weighted by Gasteiger charge is -2.13. The molecule has 0 aliphatic rings. The van der Waals surface area contributed by atoms with Gasteiger partial charge in [0.1, 0.15) is 0 Å². The molecule has 0 bridgehead atoms. The molecule has 1 unspecified atom stereocenters. The van der Waals surface area contributed by atoms with E-state index in [1.165, 1.54) is 0 Å². The molecule has 112 valence electrons. The standard InChI is InChI=1S/C9H11ClN2O6S2/c1-5(9(13)14)20(17,18)12-8-4-6(19(11,15)16)2-3-7(8)10/h2-5,12H,1H3,(H,13,14)(H2,11,15,16). The van der Waals surface area contributed by atoms with E-state index in [1.807, 2.05) is 4.72 Å². The molecule has 1 aromatic carbocycles. The minimum Gasteiger partial charge on any atom is -0.480 e. The highest BCUT2D eigenvalue weighted by Crippen LogP contribution is 2.26. The number of nitrogens with two attached hydrogens (primary N) is 1. The highest BCUT2D eigenvalue weighted by molar-refractivity contribution is 7.94. The number of rotatable bonds is 5. The number of carbonyl (C=O) groups is 1. The first kappa shape index (κ1) is 16.7. The van der Waals surface area contributed by atoms with Crippen molar-refractivity contribution in [2.75, 3.05) is 4.72 Å². The number of anilines is 1. The van der Waals surface area contributed by atoms with Crippen LogP contribution in [0.1, 0.15) is 6.92 Å². The van der Waals surface area contributed by atoms with Crippen molar-refractivity contribution in [3.05, 3.63) is 23.2 Å². The molecule has 4 N–H and O–H groups in total. The number of nitrogens with one attached hydrogen (secondary N) is 1. The Balaban J connectivity index is 3.26. The van der Waals surface area contributed by atoms with E-state index in [4.69, 9.17) is 21.8 Å². The Hall–Kier alpha value is -1.36. The zero-order chi connectivity index (χ0) is 15.7. The summed E-state index contributed by atoms with van der Waals surface area (Å²) in [6.45, 7) is 0.960. The molecule has 0 amide bonds. The first-order chi connectivity index (χ1) is 8.95. The second kappa shape index (κ2) is 5.56. The maximum atomic E-state index is 11.7. The normalized spacial score (nSPS) is 13.8. The minimum atomic E-state index is -4.27. The van der Waals surface area contributed by atoms with E-state index >= 15 is 0 Å². The van der Waals surface area contributed by atoms with Crippen LogP contribution in [0.5, 0.6) is 0 Å². The van der Waals surface area contributed by atoms with Crippen LogP contribution in [0.15, 0.2) is 23.1 Å². The first-order valence-corrected chi connectivity index (χ1v) is 8.49. The third-order valence-electron chi connectivity index (χ3n) is 2.33. The van der Waals surface area contributed by atoms with Crippen LogP contribution in [0.25, 0.3) is 0 Å². The third-order valence-corrected chi connectivity index (χ3v) is 5.21. The SMILES string of the molecule is CC(C(=O)O)S(=O)(=O)Nc1cc(S(N)(=O)=O)ccc1Cl. The predicted octanol–water partition coefficient (Wildman–Crippen LogP) is 0.202. The Bertz CT molecular complexity index is 744. The van der Waals surface area contributed by atoms with Crippen LogP contribution in [0.4, 0.5) is 5.69 Å². The lowest BCUT2D eigenvalue weighted by molar-refractivity contribution is -0.136. The Morgan fingerprint density at radius 1 is 1.35 bits per heavy atom. The van der Waals surface area contributed by atoms with Crippen LogP contribution in [0.2, 0.25) is 5.02 Å². The van der Waals surface area contributed by atoms with Gasteiger partial charge in [0.2, 0.25) is 20.0 Å². The van der Waals surface area contributed by atoms with E-state index in [9.17, 15) is 21.6 Å². The van der Waals surface area contributed by atoms with Gasteiger partial charge < -0.3 is 5.11 Å². The second-order valence-electron chi connectivity index (χ2n) is 3.81. The maximum Gasteiger partial charge on any atom is 0.323 e. The van der Waals surface area contributed by atoms with Crippen molar-refractivity contribution in [1.29, 1.82) is 0 Å². The zero-order valence-corrected chi connectivity index (χ0v) is 12.5. The van der Waals surface area contributed by atoms with Gasteiger partial charge in [-0.25, -0.2) is 22.0 Å². The van der Waals surface area contributed by atoms with Crippen molar-refractivity contribution in [3.8, 4) is 0 Å². The molecule has 1 atom stereocenters. The Kier molecular flexibility index (Phi) is 4.64. The van der Waals surface area contributed by atoms with Gasteiger partial charge in [0.15, 0.2) is 5.25 Å². The first-order valence-electron chi connectivity index (χ1n) is 5.02. The molecule has 0 aliphatic carbocycles. The smallest absolute Gasteiger partial charge is 0.323 e. The van der Waals surface area contributed by atoms with Crippen LogP contribution < -0.4 is 9.86 Å². The number of halogens is 1. The van der Waals surface area contributed by atoms with E-state index in [2.05, 4.69) is 0 Å². The molecule has 0 radical (unpaired) electrons. The van der Waals surface area contributed by atoms with Crippen molar-refractivity contribution >= 4 is 43.3 Å². The number of hydrogen-bond donors (Lipinski definition) is 3. The summed E-state index contributed by atoms with van der Waals surface area (Å²) in [5, 5.41) is 11.7. The molecule has 1 rings (SSSR count). The molecule has 0 spiro atoms. The summed E-state index contributed by atoms with van der Waals surface area (Å²) in [6.07, 6.45) is 0. The van der Waals surface area contributed by atoms with Gasteiger partial charge in [-0.3, -0.25) is 9.52 Å². The van der Waals surface area contributed by atoms with Gasteiger partial charge in [-0.15, -0.1) is 0 Å². The molecule has 0 aromatic heterocycles. The molecule has 20 heavy (non-hydrogen) atoms. The molecular formula is C9H11ClN2O6S2. The summed E-state index contributed by atoms with van der Waals surface area (Å²) >= 11 is 5.73. The molecule has 0 saturated carbocycles. The van der Waals surface area contributed by atoms with Gasteiger partial charge in [-0.05, 0) is 25.1 Å². The second-order valence-corrected chi connectivity index (χ2v) is 7.78. The lowest BCUT2D eigenvalue weighted by Crippen LogP contribution is -2.32. The fourth-order valence-corrected chi connectivity index (χ4v) is 2.81. The van der Waals surface area contributed by atoms with E-state index in [0.29, 0.717) is 0 Å². The molecule has 0 saturated heterocycles. The molecule has 11 heteroatoms. The molecule has 1 aromatic rings. The van der Waals surface area contributed by atoms with Gasteiger partial charge in [0.25, 0.3) is 0 Å².